The summed E-state index contributed by atoms with van der Waals surface area (Å²) in [6.07, 6.45) is 0. The van der Waals surface area contributed by atoms with Gasteiger partial charge >= 0.3 is 0 Å². The van der Waals surface area contributed by atoms with Crippen molar-refractivity contribution in [1.82, 2.24) is 0 Å². The number of hydrogen-bond acceptors (Lipinski definition) is 2. The van der Waals surface area contributed by atoms with Gasteiger partial charge in [0.25, 0.3) is 0 Å². The highest BCUT2D eigenvalue weighted by molar-refractivity contribution is 5.91. The van der Waals surface area contributed by atoms with Crippen molar-refractivity contribution in [2.45, 2.75) is 0 Å². The molecule has 0 radical (unpaired) electrons. The van der Waals surface area contributed by atoms with E-state index in [1.165, 1.54) is 0 Å². The fraction of sp³-hybridized carbons (Fsp3) is 0. The maximum Gasteiger partial charge on any atom is 0.123 e. The predicted octanol–water partition coefficient (Wildman–Crippen LogP) is 4.29. The summed E-state index contributed by atoms with van der Waals surface area (Å²) in [7, 11) is 0. The molecule has 18 heavy (non-hydrogen) atoms. The Kier molecular flexibility index (Phi) is 2.61. The maximum atomic E-state index is 9.73. The van der Waals surface area contributed by atoms with Crippen LogP contribution in [0.5, 0.6) is 5.75 Å². The van der Waals surface area contributed by atoms with Crippen molar-refractivity contribution >= 4 is 22.1 Å². The monoisotopic (exact) mass is 235 g/mol. The molecule has 0 amide bonds. The molecule has 0 aliphatic rings. The first-order valence-corrected chi connectivity index (χ1v) is 5.87. The largest absolute Gasteiger partial charge is 0.507 e. The molecule has 0 aliphatic heterocycles. The Morgan fingerprint density at radius 2 is 1.56 bits per heavy atom. The van der Waals surface area contributed by atoms with Gasteiger partial charge in [-0.3, -0.25) is 0 Å². The fourth-order valence-electron chi connectivity index (χ4n) is 2.03. The molecule has 0 fully saturated rings. The Bertz CT molecular complexity index is 677. The molecule has 2 heteroatoms. The van der Waals surface area contributed by atoms with Crippen LogP contribution in [0, 0.1) is 0 Å². The molecule has 3 rings (SSSR count). The number of aromatic hydroxyl groups is 1. The van der Waals surface area contributed by atoms with E-state index in [1.54, 1.807) is 6.07 Å². The van der Waals surface area contributed by atoms with Gasteiger partial charge in [-0.05, 0) is 41.8 Å². The van der Waals surface area contributed by atoms with Gasteiger partial charge in [0.1, 0.15) is 5.75 Å². The van der Waals surface area contributed by atoms with E-state index in [-0.39, 0.29) is 0 Å². The summed E-state index contributed by atoms with van der Waals surface area (Å²) in [5.74, 6) is 0.318. The van der Waals surface area contributed by atoms with E-state index in [0.29, 0.717) is 5.75 Å². The lowest BCUT2D eigenvalue weighted by molar-refractivity contribution is 0.481. The lowest BCUT2D eigenvalue weighted by Gasteiger charge is -2.08. The molecule has 0 bridgehead atoms. The van der Waals surface area contributed by atoms with Crippen LogP contribution < -0.4 is 5.32 Å². The maximum absolute atomic E-state index is 9.73. The summed E-state index contributed by atoms with van der Waals surface area (Å²) in [5, 5.41) is 15.0. The molecule has 2 N–H and O–H groups in total. The molecule has 0 aromatic heterocycles. The van der Waals surface area contributed by atoms with Gasteiger partial charge in [0.2, 0.25) is 0 Å². The average molecular weight is 235 g/mol. The fourth-order valence-corrected chi connectivity index (χ4v) is 2.03. The van der Waals surface area contributed by atoms with Gasteiger partial charge in [0.05, 0.1) is 0 Å². The van der Waals surface area contributed by atoms with E-state index in [1.807, 2.05) is 60.7 Å². The van der Waals surface area contributed by atoms with Crippen molar-refractivity contribution in [3.05, 3.63) is 66.7 Å². The highest BCUT2D eigenvalue weighted by Crippen LogP contribution is 2.27. The summed E-state index contributed by atoms with van der Waals surface area (Å²) >= 11 is 0. The summed E-state index contributed by atoms with van der Waals surface area (Å²) in [4.78, 5) is 0. The number of nitrogens with one attached hydrogen (secondary N) is 1. The minimum absolute atomic E-state index is 0.318. The third-order valence-electron chi connectivity index (χ3n) is 2.92. The molecule has 3 aromatic carbocycles. The van der Waals surface area contributed by atoms with Crippen LogP contribution in [0.25, 0.3) is 10.8 Å². The van der Waals surface area contributed by atoms with Crippen LogP contribution in [0.2, 0.25) is 0 Å². The van der Waals surface area contributed by atoms with E-state index in [2.05, 4.69) is 5.32 Å². The Hall–Kier alpha value is -2.48. The number of phenols is 1. The topological polar surface area (TPSA) is 32.3 Å². The Morgan fingerprint density at radius 1 is 0.722 bits per heavy atom. The van der Waals surface area contributed by atoms with Gasteiger partial charge in [-0.15, -0.1) is 0 Å². The number of benzene rings is 3. The standard InChI is InChI=1S/C16H13NO/c18-16-8-4-5-12-11-14(9-10-15(12)16)17-13-6-2-1-3-7-13/h1-11,17-18H. The predicted molar refractivity (Wildman–Crippen MR) is 75.3 cm³/mol. The molecule has 0 heterocycles. The highest BCUT2D eigenvalue weighted by atomic mass is 16.3. The number of para-hydroxylation sites is 1. The first-order chi connectivity index (χ1) is 8.83. The second kappa shape index (κ2) is 4.41. The molecule has 0 aliphatic carbocycles. The molecule has 88 valence electrons. The van der Waals surface area contributed by atoms with E-state index in [4.69, 9.17) is 0 Å². The number of phenolic OH excluding ortho intramolecular Hbond substituents is 1. The highest BCUT2D eigenvalue weighted by Gasteiger charge is 2.00. The summed E-state index contributed by atoms with van der Waals surface area (Å²) in [5.41, 5.74) is 2.07. The zero-order valence-corrected chi connectivity index (χ0v) is 9.80. The van der Waals surface area contributed by atoms with Crippen LogP contribution >= 0.6 is 0 Å². The molecule has 3 aromatic rings. The summed E-state index contributed by atoms with van der Waals surface area (Å²) in [6, 6.07) is 21.5. The SMILES string of the molecule is Oc1cccc2cc(Nc3ccccc3)ccc12. The third kappa shape index (κ3) is 2.00. The molecule has 0 unspecified atom stereocenters. The Morgan fingerprint density at radius 3 is 2.39 bits per heavy atom. The molecular formula is C16H13NO. The zero-order valence-electron chi connectivity index (χ0n) is 9.80. The van der Waals surface area contributed by atoms with Gasteiger partial charge in [-0.2, -0.15) is 0 Å². The molecule has 0 saturated heterocycles. The molecular weight excluding hydrogens is 222 g/mol. The number of fused-ring (bicyclic) bond motifs is 1. The van der Waals surface area contributed by atoms with Crippen LogP contribution in [0.3, 0.4) is 0 Å². The van der Waals surface area contributed by atoms with Gasteiger partial charge in [-0.25, -0.2) is 0 Å². The lowest BCUT2D eigenvalue weighted by Crippen LogP contribution is -1.89. The van der Waals surface area contributed by atoms with Crippen LogP contribution in [0.15, 0.2) is 66.7 Å². The van der Waals surface area contributed by atoms with Crippen molar-refractivity contribution in [2.75, 3.05) is 5.32 Å². The second-order valence-electron chi connectivity index (χ2n) is 4.20. The van der Waals surface area contributed by atoms with Crippen molar-refractivity contribution in [3.63, 3.8) is 0 Å². The van der Waals surface area contributed by atoms with E-state index < -0.39 is 0 Å². The summed E-state index contributed by atoms with van der Waals surface area (Å²) < 4.78 is 0. The van der Waals surface area contributed by atoms with Crippen molar-refractivity contribution in [2.24, 2.45) is 0 Å². The van der Waals surface area contributed by atoms with Gasteiger partial charge < -0.3 is 10.4 Å². The minimum Gasteiger partial charge on any atom is -0.507 e. The van der Waals surface area contributed by atoms with E-state index in [0.717, 1.165) is 22.1 Å². The molecule has 0 atom stereocenters. The molecule has 0 saturated carbocycles. The smallest absolute Gasteiger partial charge is 0.123 e. The normalized spacial score (nSPS) is 10.4. The Balaban J connectivity index is 1.99. The van der Waals surface area contributed by atoms with Gasteiger partial charge in [0.15, 0.2) is 0 Å². The zero-order chi connectivity index (χ0) is 12.4. The van der Waals surface area contributed by atoms with Gasteiger partial charge in [-0.1, -0.05) is 30.3 Å². The van der Waals surface area contributed by atoms with E-state index >= 15 is 0 Å². The van der Waals surface area contributed by atoms with Crippen LogP contribution in [0.1, 0.15) is 0 Å². The lowest BCUT2D eigenvalue weighted by atomic mass is 10.1. The van der Waals surface area contributed by atoms with Crippen molar-refractivity contribution in [1.29, 1.82) is 0 Å². The molecule has 0 spiro atoms. The van der Waals surface area contributed by atoms with Crippen LogP contribution in [-0.4, -0.2) is 5.11 Å². The average Bonchev–Trinajstić information content (AvgIpc) is 2.40. The second-order valence-corrected chi connectivity index (χ2v) is 4.20. The quantitative estimate of drug-likeness (QED) is 0.694. The first-order valence-electron chi connectivity index (χ1n) is 5.87. The molecule has 2 nitrogen and oxygen atoms in total. The van der Waals surface area contributed by atoms with Crippen molar-refractivity contribution < 1.29 is 5.11 Å². The number of hydrogen-bond donors (Lipinski definition) is 2. The number of rotatable bonds is 2. The van der Waals surface area contributed by atoms with Gasteiger partial charge in [0, 0.05) is 16.8 Å². The van der Waals surface area contributed by atoms with Crippen LogP contribution in [0.4, 0.5) is 11.4 Å². The van der Waals surface area contributed by atoms with E-state index in [9.17, 15) is 5.11 Å². The third-order valence-corrected chi connectivity index (χ3v) is 2.92. The minimum atomic E-state index is 0.318. The van der Waals surface area contributed by atoms with Crippen LogP contribution in [-0.2, 0) is 0 Å². The first kappa shape index (κ1) is 10.7. The Labute approximate surface area is 106 Å². The summed E-state index contributed by atoms with van der Waals surface area (Å²) in [6.45, 7) is 0. The van der Waals surface area contributed by atoms with Crippen molar-refractivity contribution in [3.8, 4) is 5.75 Å². The number of anilines is 2.